The first-order valence-electron chi connectivity index (χ1n) is 7.28. The van der Waals surface area contributed by atoms with Gasteiger partial charge in [0.2, 0.25) is 0 Å². The number of benzene rings is 1. The summed E-state index contributed by atoms with van der Waals surface area (Å²) in [5, 5.41) is 4.72. The second-order valence-corrected chi connectivity index (χ2v) is 5.18. The third kappa shape index (κ3) is 2.78. The smallest absolute Gasteiger partial charge is 0.0705 e. The van der Waals surface area contributed by atoms with Crippen LogP contribution in [0.4, 0.5) is 0 Å². The molecule has 21 heavy (non-hydrogen) atoms. The lowest BCUT2D eigenvalue weighted by Crippen LogP contribution is -2.23. The maximum Gasteiger partial charge on any atom is 0.0705 e. The molecule has 0 bridgehead atoms. The number of hydrogen-bond donors (Lipinski definition) is 1. The summed E-state index contributed by atoms with van der Waals surface area (Å²) in [5.74, 6) is 0. The monoisotopic (exact) mass is 277 g/mol. The molecule has 1 N–H and O–H groups in total. The van der Waals surface area contributed by atoms with Crippen molar-refractivity contribution in [1.29, 1.82) is 0 Å². The molecule has 3 aromatic rings. The van der Waals surface area contributed by atoms with E-state index in [2.05, 4.69) is 59.5 Å². The van der Waals surface area contributed by atoms with E-state index in [-0.39, 0.29) is 6.04 Å². The molecule has 1 aromatic carbocycles. The molecule has 0 radical (unpaired) electrons. The molecule has 0 fully saturated rings. The van der Waals surface area contributed by atoms with E-state index in [1.54, 1.807) is 0 Å². The topological polar surface area (TPSA) is 37.8 Å². The van der Waals surface area contributed by atoms with Gasteiger partial charge in [0.25, 0.3) is 0 Å². The number of aromatic nitrogens is 2. The predicted molar refractivity (Wildman–Crippen MR) is 86.2 cm³/mol. The Bertz CT molecular complexity index is 752. The van der Waals surface area contributed by atoms with Gasteiger partial charge < -0.3 is 5.32 Å². The zero-order valence-corrected chi connectivity index (χ0v) is 12.4. The van der Waals surface area contributed by atoms with Gasteiger partial charge in [0.1, 0.15) is 0 Å². The van der Waals surface area contributed by atoms with Crippen LogP contribution in [0.1, 0.15) is 29.7 Å². The van der Waals surface area contributed by atoms with Crippen molar-refractivity contribution in [1.82, 2.24) is 15.3 Å². The van der Waals surface area contributed by atoms with Crippen LogP contribution in [0, 0.1) is 6.92 Å². The van der Waals surface area contributed by atoms with Crippen LogP contribution in [0.5, 0.6) is 0 Å². The van der Waals surface area contributed by atoms with Crippen LogP contribution in [0.25, 0.3) is 10.9 Å². The molecule has 0 saturated carbocycles. The molecule has 0 aliphatic carbocycles. The fourth-order valence-corrected chi connectivity index (χ4v) is 2.65. The van der Waals surface area contributed by atoms with Gasteiger partial charge in [-0.2, -0.15) is 0 Å². The van der Waals surface area contributed by atoms with Crippen molar-refractivity contribution in [3.63, 3.8) is 0 Å². The van der Waals surface area contributed by atoms with E-state index in [4.69, 9.17) is 0 Å². The quantitative estimate of drug-likeness (QED) is 0.791. The van der Waals surface area contributed by atoms with Crippen molar-refractivity contribution < 1.29 is 0 Å². The standard InChI is InChI=1S/C18H19N3/c1-3-20-18(16-12-19-10-8-13(16)2)15-7-6-14-5-4-9-21-17(14)11-15/h4-12,18,20H,3H2,1-2H3. The average Bonchev–Trinajstić information content (AvgIpc) is 2.53. The fourth-order valence-electron chi connectivity index (χ4n) is 2.65. The van der Waals surface area contributed by atoms with Crippen LogP contribution in [-0.2, 0) is 0 Å². The van der Waals surface area contributed by atoms with Gasteiger partial charge in [-0.3, -0.25) is 9.97 Å². The molecule has 3 rings (SSSR count). The molecule has 2 aromatic heterocycles. The lowest BCUT2D eigenvalue weighted by molar-refractivity contribution is 0.626. The summed E-state index contributed by atoms with van der Waals surface area (Å²) in [4.78, 5) is 8.74. The number of nitrogens with one attached hydrogen (secondary N) is 1. The van der Waals surface area contributed by atoms with E-state index < -0.39 is 0 Å². The summed E-state index contributed by atoms with van der Waals surface area (Å²) in [6, 6.07) is 12.7. The molecule has 0 aliphatic heterocycles. The molecule has 0 amide bonds. The molecular weight excluding hydrogens is 258 g/mol. The first kappa shape index (κ1) is 13.7. The van der Waals surface area contributed by atoms with Crippen LogP contribution in [-0.4, -0.2) is 16.5 Å². The molecule has 3 heteroatoms. The van der Waals surface area contributed by atoms with E-state index in [0.29, 0.717) is 0 Å². The summed E-state index contributed by atoms with van der Waals surface area (Å²) in [6.45, 7) is 5.15. The highest BCUT2D eigenvalue weighted by molar-refractivity contribution is 5.79. The molecule has 0 saturated heterocycles. The summed E-state index contributed by atoms with van der Waals surface area (Å²) < 4.78 is 0. The molecule has 1 unspecified atom stereocenters. The number of nitrogens with zero attached hydrogens (tertiary/aromatic N) is 2. The minimum atomic E-state index is 0.148. The summed E-state index contributed by atoms with van der Waals surface area (Å²) >= 11 is 0. The number of fused-ring (bicyclic) bond motifs is 1. The number of pyridine rings is 2. The Morgan fingerprint density at radius 3 is 2.86 bits per heavy atom. The lowest BCUT2D eigenvalue weighted by atomic mass is 9.96. The SMILES string of the molecule is CCNC(c1ccc2cccnc2c1)c1cnccc1C. The van der Waals surface area contributed by atoms with Crippen LogP contribution in [0.2, 0.25) is 0 Å². The van der Waals surface area contributed by atoms with Gasteiger partial charge in [0.05, 0.1) is 11.6 Å². The largest absolute Gasteiger partial charge is 0.306 e. The zero-order chi connectivity index (χ0) is 14.7. The molecule has 0 aliphatic rings. The van der Waals surface area contributed by atoms with Gasteiger partial charge in [-0.25, -0.2) is 0 Å². The highest BCUT2D eigenvalue weighted by Crippen LogP contribution is 2.26. The summed E-state index contributed by atoms with van der Waals surface area (Å²) in [5.41, 5.74) is 4.71. The number of rotatable bonds is 4. The van der Waals surface area contributed by atoms with Crippen LogP contribution < -0.4 is 5.32 Å². The van der Waals surface area contributed by atoms with Crippen LogP contribution in [0.15, 0.2) is 55.0 Å². The Morgan fingerprint density at radius 1 is 1.14 bits per heavy atom. The van der Waals surface area contributed by atoms with Crippen molar-refractivity contribution in [2.24, 2.45) is 0 Å². The zero-order valence-electron chi connectivity index (χ0n) is 12.4. The third-order valence-electron chi connectivity index (χ3n) is 3.76. The van der Waals surface area contributed by atoms with Crippen molar-refractivity contribution in [3.8, 4) is 0 Å². The first-order chi connectivity index (χ1) is 10.3. The second kappa shape index (κ2) is 6.02. The van der Waals surface area contributed by atoms with E-state index in [1.807, 2.05) is 24.7 Å². The maximum absolute atomic E-state index is 4.46. The Balaban J connectivity index is 2.09. The van der Waals surface area contributed by atoms with Crippen LogP contribution >= 0.6 is 0 Å². The Labute approximate surface area is 125 Å². The molecule has 0 spiro atoms. The molecular formula is C18H19N3. The highest BCUT2D eigenvalue weighted by atomic mass is 14.9. The molecule has 106 valence electrons. The molecule has 2 heterocycles. The van der Waals surface area contributed by atoms with Gasteiger partial charge in [-0.1, -0.05) is 25.1 Å². The van der Waals surface area contributed by atoms with E-state index in [0.717, 1.165) is 12.1 Å². The Kier molecular flexibility index (Phi) is 3.93. The van der Waals surface area contributed by atoms with Crippen LogP contribution in [0.3, 0.4) is 0 Å². The predicted octanol–water partition coefficient (Wildman–Crippen LogP) is 3.64. The summed E-state index contributed by atoms with van der Waals surface area (Å²) in [6.07, 6.45) is 5.62. The van der Waals surface area contributed by atoms with E-state index >= 15 is 0 Å². The van der Waals surface area contributed by atoms with Gasteiger partial charge in [0, 0.05) is 24.0 Å². The average molecular weight is 277 g/mol. The highest BCUT2D eigenvalue weighted by Gasteiger charge is 2.15. The fraction of sp³-hybridized carbons (Fsp3) is 0.222. The minimum Gasteiger partial charge on any atom is -0.306 e. The van der Waals surface area contributed by atoms with Crippen molar-refractivity contribution >= 4 is 10.9 Å². The first-order valence-corrected chi connectivity index (χ1v) is 7.28. The minimum absolute atomic E-state index is 0.148. The van der Waals surface area contributed by atoms with Gasteiger partial charge in [-0.05, 0) is 48.4 Å². The van der Waals surface area contributed by atoms with Gasteiger partial charge in [0.15, 0.2) is 0 Å². The maximum atomic E-state index is 4.46. The lowest BCUT2D eigenvalue weighted by Gasteiger charge is -2.20. The van der Waals surface area contributed by atoms with Gasteiger partial charge >= 0.3 is 0 Å². The van der Waals surface area contributed by atoms with Crippen molar-refractivity contribution in [2.45, 2.75) is 19.9 Å². The summed E-state index contributed by atoms with van der Waals surface area (Å²) in [7, 11) is 0. The van der Waals surface area contributed by atoms with Gasteiger partial charge in [-0.15, -0.1) is 0 Å². The van der Waals surface area contributed by atoms with Crippen molar-refractivity contribution in [3.05, 3.63) is 71.7 Å². The molecule has 1 atom stereocenters. The second-order valence-electron chi connectivity index (χ2n) is 5.18. The number of hydrogen-bond acceptors (Lipinski definition) is 3. The molecule has 3 nitrogen and oxygen atoms in total. The van der Waals surface area contributed by atoms with Crippen molar-refractivity contribution in [2.75, 3.05) is 6.54 Å². The third-order valence-corrected chi connectivity index (χ3v) is 3.76. The van der Waals surface area contributed by atoms with E-state index in [1.165, 1.54) is 22.1 Å². The Morgan fingerprint density at radius 2 is 2.05 bits per heavy atom. The normalized spacial score (nSPS) is 12.5. The number of aryl methyl sites for hydroxylation is 1. The van der Waals surface area contributed by atoms with E-state index in [9.17, 15) is 0 Å². The Hall–Kier alpha value is -2.26.